The summed E-state index contributed by atoms with van der Waals surface area (Å²) in [7, 11) is 0. The number of aromatic nitrogens is 1. The van der Waals surface area contributed by atoms with E-state index in [1.165, 1.54) is 12.3 Å². The molecular weight excluding hydrogens is 218 g/mol. The van der Waals surface area contributed by atoms with Crippen molar-refractivity contribution in [1.29, 1.82) is 0 Å². The van der Waals surface area contributed by atoms with Crippen LogP contribution in [0.15, 0.2) is 12.3 Å². The van der Waals surface area contributed by atoms with Gasteiger partial charge in [0.1, 0.15) is 0 Å². The van der Waals surface area contributed by atoms with Gasteiger partial charge in [0, 0.05) is 6.07 Å². The Labute approximate surface area is 92.8 Å². The zero-order valence-electron chi connectivity index (χ0n) is 8.53. The number of ether oxygens (including phenoxy) is 1. The van der Waals surface area contributed by atoms with Crippen molar-refractivity contribution >= 4 is 17.6 Å². The molecule has 0 aliphatic heterocycles. The van der Waals surface area contributed by atoms with E-state index in [0.717, 1.165) is 6.42 Å². The molecule has 82 valence electrons. The number of pyridine rings is 1. The molecule has 5 heteroatoms. The van der Waals surface area contributed by atoms with Gasteiger partial charge < -0.3 is 9.84 Å². The zero-order valence-corrected chi connectivity index (χ0v) is 9.28. The SMILES string of the molecule is CCC(C)Oc1cc(C(=O)O)c(Cl)cn1. The van der Waals surface area contributed by atoms with Crippen LogP contribution < -0.4 is 4.74 Å². The van der Waals surface area contributed by atoms with Gasteiger partial charge in [0.25, 0.3) is 0 Å². The molecule has 1 aromatic rings. The van der Waals surface area contributed by atoms with E-state index in [1.807, 2.05) is 13.8 Å². The third-order valence-corrected chi connectivity index (χ3v) is 2.26. The number of carboxylic acids is 1. The number of hydrogen-bond acceptors (Lipinski definition) is 3. The Morgan fingerprint density at radius 1 is 1.73 bits per heavy atom. The summed E-state index contributed by atoms with van der Waals surface area (Å²) in [6, 6.07) is 1.33. The fourth-order valence-corrected chi connectivity index (χ4v) is 1.12. The summed E-state index contributed by atoms with van der Waals surface area (Å²) < 4.78 is 5.38. The molecule has 1 unspecified atom stereocenters. The summed E-state index contributed by atoms with van der Waals surface area (Å²) in [5.74, 6) is -0.803. The fraction of sp³-hybridized carbons (Fsp3) is 0.400. The quantitative estimate of drug-likeness (QED) is 0.862. The van der Waals surface area contributed by atoms with Crippen molar-refractivity contribution in [3.8, 4) is 5.88 Å². The van der Waals surface area contributed by atoms with E-state index in [2.05, 4.69) is 4.98 Å². The monoisotopic (exact) mass is 229 g/mol. The number of nitrogens with zero attached hydrogens (tertiary/aromatic N) is 1. The number of carboxylic acid groups (broad SMARTS) is 1. The van der Waals surface area contributed by atoms with Gasteiger partial charge in [-0.1, -0.05) is 18.5 Å². The average molecular weight is 230 g/mol. The molecule has 1 aromatic heterocycles. The summed E-state index contributed by atoms with van der Waals surface area (Å²) >= 11 is 5.66. The summed E-state index contributed by atoms with van der Waals surface area (Å²) in [6.45, 7) is 3.86. The third-order valence-electron chi connectivity index (χ3n) is 1.96. The van der Waals surface area contributed by atoms with E-state index in [1.54, 1.807) is 0 Å². The molecule has 1 N–H and O–H groups in total. The molecule has 1 atom stereocenters. The Kier molecular flexibility index (Phi) is 3.91. The van der Waals surface area contributed by atoms with Crippen molar-refractivity contribution in [2.75, 3.05) is 0 Å². The summed E-state index contributed by atoms with van der Waals surface area (Å²) in [5, 5.41) is 8.92. The maximum atomic E-state index is 10.8. The molecule has 0 amide bonds. The van der Waals surface area contributed by atoms with E-state index in [9.17, 15) is 4.79 Å². The minimum absolute atomic E-state index is 0.000297. The second-order valence-electron chi connectivity index (χ2n) is 3.14. The molecule has 0 saturated heterocycles. The molecule has 0 spiro atoms. The molecule has 1 heterocycles. The van der Waals surface area contributed by atoms with Crippen molar-refractivity contribution in [2.45, 2.75) is 26.4 Å². The first-order valence-electron chi connectivity index (χ1n) is 4.60. The van der Waals surface area contributed by atoms with Crippen LogP contribution in [-0.4, -0.2) is 22.2 Å². The van der Waals surface area contributed by atoms with E-state index in [0.29, 0.717) is 0 Å². The lowest BCUT2D eigenvalue weighted by molar-refractivity contribution is 0.0696. The Morgan fingerprint density at radius 2 is 2.40 bits per heavy atom. The lowest BCUT2D eigenvalue weighted by Gasteiger charge is -2.11. The Hall–Kier alpha value is -1.29. The van der Waals surface area contributed by atoms with Crippen LogP contribution in [0.25, 0.3) is 0 Å². The van der Waals surface area contributed by atoms with Crippen molar-refractivity contribution < 1.29 is 14.6 Å². The lowest BCUT2D eigenvalue weighted by atomic mass is 10.2. The van der Waals surface area contributed by atoms with Gasteiger partial charge in [-0.05, 0) is 13.3 Å². The zero-order chi connectivity index (χ0) is 11.4. The molecule has 15 heavy (non-hydrogen) atoms. The second-order valence-corrected chi connectivity index (χ2v) is 3.55. The molecule has 1 rings (SSSR count). The molecule has 0 fully saturated rings. The Balaban J connectivity index is 2.92. The second kappa shape index (κ2) is 4.98. The van der Waals surface area contributed by atoms with Crippen molar-refractivity contribution in [3.63, 3.8) is 0 Å². The minimum Gasteiger partial charge on any atom is -0.478 e. The number of aromatic carboxylic acids is 1. The molecular formula is C10H12ClNO3. The Bertz CT molecular complexity index is 368. The van der Waals surface area contributed by atoms with E-state index in [-0.39, 0.29) is 22.6 Å². The fourth-order valence-electron chi connectivity index (χ4n) is 0.937. The third kappa shape index (κ3) is 3.09. The van der Waals surface area contributed by atoms with Gasteiger partial charge in [-0.3, -0.25) is 0 Å². The van der Waals surface area contributed by atoms with E-state index < -0.39 is 5.97 Å². The number of carbonyl (C=O) groups is 1. The molecule has 0 bridgehead atoms. The van der Waals surface area contributed by atoms with Gasteiger partial charge in [-0.15, -0.1) is 0 Å². The van der Waals surface area contributed by atoms with Gasteiger partial charge in [0.15, 0.2) is 0 Å². The minimum atomic E-state index is -1.09. The average Bonchev–Trinajstić information content (AvgIpc) is 2.20. The van der Waals surface area contributed by atoms with Crippen LogP contribution in [0.2, 0.25) is 5.02 Å². The normalized spacial score (nSPS) is 12.2. The van der Waals surface area contributed by atoms with Crippen LogP contribution in [0.5, 0.6) is 5.88 Å². The predicted octanol–water partition coefficient (Wildman–Crippen LogP) is 2.61. The first kappa shape index (κ1) is 11.8. The van der Waals surface area contributed by atoms with E-state index >= 15 is 0 Å². The highest BCUT2D eigenvalue weighted by Gasteiger charge is 2.12. The maximum Gasteiger partial charge on any atom is 0.337 e. The topological polar surface area (TPSA) is 59.4 Å². The van der Waals surface area contributed by atoms with Gasteiger partial charge in [-0.2, -0.15) is 0 Å². The maximum absolute atomic E-state index is 10.8. The largest absolute Gasteiger partial charge is 0.478 e. The van der Waals surface area contributed by atoms with Gasteiger partial charge >= 0.3 is 5.97 Å². The van der Waals surface area contributed by atoms with Crippen LogP contribution >= 0.6 is 11.6 Å². The molecule has 4 nitrogen and oxygen atoms in total. The van der Waals surface area contributed by atoms with Crippen LogP contribution in [0.3, 0.4) is 0 Å². The number of rotatable bonds is 4. The van der Waals surface area contributed by atoms with Crippen LogP contribution in [0.1, 0.15) is 30.6 Å². The first-order valence-corrected chi connectivity index (χ1v) is 4.98. The highest BCUT2D eigenvalue weighted by atomic mass is 35.5. The summed E-state index contributed by atoms with van der Waals surface area (Å²) in [6.07, 6.45) is 2.11. The first-order chi connectivity index (χ1) is 7.04. The smallest absolute Gasteiger partial charge is 0.337 e. The van der Waals surface area contributed by atoms with Crippen LogP contribution in [0, 0.1) is 0 Å². The Morgan fingerprint density at radius 3 is 2.93 bits per heavy atom. The van der Waals surface area contributed by atoms with Crippen molar-refractivity contribution in [3.05, 3.63) is 22.8 Å². The van der Waals surface area contributed by atoms with Crippen molar-refractivity contribution in [2.24, 2.45) is 0 Å². The van der Waals surface area contributed by atoms with Crippen molar-refractivity contribution in [1.82, 2.24) is 4.98 Å². The van der Waals surface area contributed by atoms with Crippen LogP contribution in [0.4, 0.5) is 0 Å². The molecule has 0 aliphatic carbocycles. The van der Waals surface area contributed by atoms with Crippen LogP contribution in [-0.2, 0) is 0 Å². The predicted molar refractivity (Wildman–Crippen MR) is 56.6 cm³/mol. The molecule has 0 aromatic carbocycles. The highest BCUT2D eigenvalue weighted by molar-refractivity contribution is 6.33. The van der Waals surface area contributed by atoms with Gasteiger partial charge in [0.05, 0.1) is 22.9 Å². The highest BCUT2D eigenvalue weighted by Crippen LogP contribution is 2.20. The number of halogens is 1. The molecule has 0 aliphatic rings. The lowest BCUT2D eigenvalue weighted by Crippen LogP contribution is -2.11. The molecule has 0 saturated carbocycles. The summed E-state index contributed by atoms with van der Waals surface area (Å²) in [5.41, 5.74) is 0.00460. The van der Waals surface area contributed by atoms with Gasteiger partial charge in [-0.25, -0.2) is 9.78 Å². The van der Waals surface area contributed by atoms with Gasteiger partial charge in [0.2, 0.25) is 5.88 Å². The number of hydrogen-bond donors (Lipinski definition) is 1. The standard InChI is InChI=1S/C10H12ClNO3/c1-3-6(2)15-9-4-7(10(13)14)8(11)5-12-9/h4-6H,3H2,1-2H3,(H,13,14). The van der Waals surface area contributed by atoms with E-state index in [4.69, 9.17) is 21.4 Å². The molecule has 0 radical (unpaired) electrons. The summed E-state index contributed by atoms with van der Waals surface area (Å²) in [4.78, 5) is 14.7.